The van der Waals surface area contributed by atoms with Gasteiger partial charge in [-0.05, 0) is 18.6 Å². The number of anilines is 1. The van der Waals surface area contributed by atoms with E-state index in [0.717, 1.165) is 16.2 Å². The van der Waals surface area contributed by atoms with E-state index in [0.29, 0.717) is 17.8 Å². The quantitative estimate of drug-likeness (QED) is 0.578. The molecule has 1 aromatic carbocycles. The second-order valence-electron chi connectivity index (χ2n) is 6.04. The molecule has 0 spiro atoms. The molecule has 0 bridgehead atoms. The van der Waals surface area contributed by atoms with Crippen molar-refractivity contribution in [2.75, 3.05) is 5.32 Å². The van der Waals surface area contributed by atoms with E-state index in [1.54, 1.807) is 11.3 Å². The molecular weight excluding hydrogens is 362 g/mol. The van der Waals surface area contributed by atoms with Crippen LogP contribution >= 0.6 is 11.3 Å². The van der Waals surface area contributed by atoms with Gasteiger partial charge in [0.2, 0.25) is 5.91 Å². The molecule has 3 heterocycles. The monoisotopic (exact) mass is 379 g/mol. The number of benzene rings is 1. The third-order valence-electron chi connectivity index (χ3n) is 4.17. The largest absolute Gasteiger partial charge is 0.325 e. The molecule has 8 heteroatoms. The van der Waals surface area contributed by atoms with Crippen molar-refractivity contribution in [1.82, 2.24) is 18.9 Å². The van der Waals surface area contributed by atoms with Crippen molar-refractivity contribution in [3.05, 3.63) is 70.5 Å². The summed E-state index contributed by atoms with van der Waals surface area (Å²) in [6.07, 6.45) is 6.03. The third-order valence-corrected chi connectivity index (χ3v) is 4.94. The highest BCUT2D eigenvalue weighted by Gasteiger charge is 2.08. The molecule has 0 aliphatic carbocycles. The molecule has 136 valence electrons. The lowest BCUT2D eigenvalue weighted by atomic mass is 10.1. The van der Waals surface area contributed by atoms with Gasteiger partial charge in [0.25, 0.3) is 5.56 Å². The van der Waals surface area contributed by atoms with Gasteiger partial charge in [-0.2, -0.15) is 0 Å². The Hall–Kier alpha value is -3.26. The lowest BCUT2D eigenvalue weighted by Crippen LogP contribution is -2.27. The zero-order valence-electron chi connectivity index (χ0n) is 14.6. The number of rotatable bonds is 5. The fourth-order valence-electron chi connectivity index (χ4n) is 2.72. The summed E-state index contributed by atoms with van der Waals surface area (Å²) in [6.45, 7) is 1.85. The molecule has 1 amide bonds. The lowest BCUT2D eigenvalue weighted by molar-refractivity contribution is -0.116. The van der Waals surface area contributed by atoms with Crippen LogP contribution in [0.25, 0.3) is 16.2 Å². The maximum absolute atomic E-state index is 12.2. The maximum atomic E-state index is 12.2. The van der Waals surface area contributed by atoms with Gasteiger partial charge in [0, 0.05) is 40.8 Å². The Morgan fingerprint density at radius 1 is 1.26 bits per heavy atom. The summed E-state index contributed by atoms with van der Waals surface area (Å²) in [4.78, 5) is 33.8. The van der Waals surface area contributed by atoms with Crippen molar-refractivity contribution in [2.45, 2.75) is 19.9 Å². The zero-order valence-corrected chi connectivity index (χ0v) is 15.4. The van der Waals surface area contributed by atoms with E-state index in [1.165, 1.54) is 17.0 Å². The molecule has 27 heavy (non-hydrogen) atoms. The van der Waals surface area contributed by atoms with E-state index in [4.69, 9.17) is 0 Å². The Morgan fingerprint density at radius 3 is 2.78 bits per heavy atom. The number of carbonyl (C=O) groups is 1. The molecule has 4 rings (SSSR count). The van der Waals surface area contributed by atoms with Crippen LogP contribution in [0, 0.1) is 0 Å². The van der Waals surface area contributed by atoms with Gasteiger partial charge in [-0.1, -0.05) is 19.1 Å². The van der Waals surface area contributed by atoms with Gasteiger partial charge in [0.05, 0.1) is 12.0 Å². The number of hydrogen-bond donors (Lipinski definition) is 1. The topological polar surface area (TPSA) is 81.3 Å². The highest BCUT2D eigenvalue weighted by molar-refractivity contribution is 7.15. The fourth-order valence-corrected chi connectivity index (χ4v) is 3.42. The van der Waals surface area contributed by atoms with Crippen LogP contribution in [0.15, 0.2) is 59.2 Å². The molecule has 0 fully saturated rings. The van der Waals surface area contributed by atoms with E-state index >= 15 is 0 Å². The van der Waals surface area contributed by atoms with Crippen molar-refractivity contribution in [3.63, 3.8) is 0 Å². The van der Waals surface area contributed by atoms with Crippen molar-refractivity contribution < 1.29 is 4.79 Å². The summed E-state index contributed by atoms with van der Waals surface area (Å²) in [6, 6.07) is 8.92. The average Bonchev–Trinajstić information content (AvgIpc) is 3.26. The number of nitrogens with one attached hydrogen (secondary N) is 1. The fraction of sp³-hybridized carbons (Fsp3) is 0.158. The predicted octanol–water partition coefficient (Wildman–Crippen LogP) is 2.82. The van der Waals surface area contributed by atoms with Crippen molar-refractivity contribution in [1.29, 1.82) is 0 Å². The van der Waals surface area contributed by atoms with Crippen molar-refractivity contribution in [2.24, 2.45) is 0 Å². The van der Waals surface area contributed by atoms with Crippen LogP contribution in [-0.4, -0.2) is 24.8 Å². The Labute approximate surface area is 159 Å². The number of fused-ring (bicyclic) bond motifs is 1. The van der Waals surface area contributed by atoms with Crippen LogP contribution < -0.4 is 10.9 Å². The summed E-state index contributed by atoms with van der Waals surface area (Å²) >= 11 is 1.58. The SMILES string of the molecule is CCc1cc(=O)n(CC(=O)Nc2ccc(-c3cn4ccsc4n3)cc2)cn1. The van der Waals surface area contributed by atoms with Gasteiger partial charge < -0.3 is 5.32 Å². The zero-order chi connectivity index (χ0) is 18.8. The van der Waals surface area contributed by atoms with E-state index in [1.807, 2.05) is 53.4 Å². The van der Waals surface area contributed by atoms with Gasteiger partial charge in [0.1, 0.15) is 6.54 Å². The first kappa shape index (κ1) is 17.2. The predicted molar refractivity (Wildman–Crippen MR) is 105 cm³/mol. The second-order valence-corrected chi connectivity index (χ2v) is 6.92. The molecule has 7 nitrogen and oxygen atoms in total. The molecule has 0 aliphatic heterocycles. The maximum Gasteiger partial charge on any atom is 0.253 e. The second kappa shape index (κ2) is 7.16. The number of thiazole rings is 1. The van der Waals surface area contributed by atoms with E-state index < -0.39 is 0 Å². The molecule has 0 saturated heterocycles. The molecular formula is C19H17N5O2S. The Kier molecular flexibility index (Phi) is 4.55. The molecule has 0 radical (unpaired) electrons. The minimum Gasteiger partial charge on any atom is -0.325 e. The minimum absolute atomic E-state index is 0.0745. The van der Waals surface area contributed by atoms with Crippen LogP contribution in [0.4, 0.5) is 5.69 Å². The highest BCUT2D eigenvalue weighted by Crippen LogP contribution is 2.23. The van der Waals surface area contributed by atoms with E-state index in [-0.39, 0.29) is 18.0 Å². The van der Waals surface area contributed by atoms with E-state index in [2.05, 4.69) is 15.3 Å². The minimum atomic E-state index is -0.279. The lowest BCUT2D eigenvalue weighted by Gasteiger charge is -2.08. The van der Waals surface area contributed by atoms with E-state index in [9.17, 15) is 9.59 Å². The van der Waals surface area contributed by atoms with Gasteiger partial charge in [-0.15, -0.1) is 11.3 Å². The van der Waals surface area contributed by atoms with Crippen molar-refractivity contribution >= 4 is 27.9 Å². The normalized spacial score (nSPS) is 11.0. The average molecular weight is 379 g/mol. The summed E-state index contributed by atoms with van der Waals surface area (Å²) in [5.74, 6) is -0.279. The molecule has 4 aromatic rings. The van der Waals surface area contributed by atoms with Crippen LogP contribution in [0.3, 0.4) is 0 Å². The summed E-state index contributed by atoms with van der Waals surface area (Å²) in [5, 5.41) is 4.78. The first-order valence-corrected chi connectivity index (χ1v) is 9.38. The summed E-state index contributed by atoms with van der Waals surface area (Å²) in [5.41, 5.74) is 3.00. The molecule has 0 unspecified atom stereocenters. The first-order valence-electron chi connectivity index (χ1n) is 8.50. The number of aromatic nitrogens is 4. The highest BCUT2D eigenvalue weighted by atomic mass is 32.1. The van der Waals surface area contributed by atoms with Crippen LogP contribution in [0.1, 0.15) is 12.6 Å². The van der Waals surface area contributed by atoms with Gasteiger partial charge in [-0.3, -0.25) is 18.6 Å². The Bertz CT molecular complexity index is 1130. The number of amides is 1. The summed E-state index contributed by atoms with van der Waals surface area (Å²) in [7, 11) is 0. The van der Waals surface area contributed by atoms with Crippen molar-refractivity contribution in [3.8, 4) is 11.3 Å². The standard InChI is InChI=1S/C19H17N5O2S/c1-2-14-9-18(26)24(12-20-14)11-17(25)21-15-5-3-13(4-6-15)16-10-23-7-8-27-19(23)22-16/h3-10,12H,2,11H2,1H3,(H,21,25). The first-order chi connectivity index (χ1) is 13.1. The smallest absolute Gasteiger partial charge is 0.253 e. The van der Waals surface area contributed by atoms with Crippen LogP contribution in [0.2, 0.25) is 0 Å². The molecule has 0 atom stereocenters. The Morgan fingerprint density at radius 2 is 2.07 bits per heavy atom. The van der Waals surface area contributed by atoms with Gasteiger partial charge >= 0.3 is 0 Å². The third kappa shape index (κ3) is 3.65. The van der Waals surface area contributed by atoms with Crippen LogP contribution in [-0.2, 0) is 17.8 Å². The number of carbonyl (C=O) groups excluding carboxylic acids is 1. The number of nitrogens with zero attached hydrogens (tertiary/aromatic N) is 4. The van der Waals surface area contributed by atoms with Crippen LogP contribution in [0.5, 0.6) is 0 Å². The molecule has 1 N–H and O–H groups in total. The molecule has 0 saturated carbocycles. The summed E-state index contributed by atoms with van der Waals surface area (Å²) < 4.78 is 3.27. The molecule has 3 aromatic heterocycles. The Balaban J connectivity index is 1.44. The number of imidazole rings is 1. The van der Waals surface area contributed by atoms with Gasteiger partial charge in [0.15, 0.2) is 4.96 Å². The van der Waals surface area contributed by atoms with Gasteiger partial charge in [-0.25, -0.2) is 9.97 Å². The molecule has 0 aliphatic rings. The number of aryl methyl sites for hydroxylation is 1. The number of hydrogen-bond acceptors (Lipinski definition) is 5.